The molecule has 5 heteroatoms. The summed E-state index contributed by atoms with van der Waals surface area (Å²) < 4.78 is 10.0. The molecule has 1 aliphatic heterocycles. The van der Waals surface area contributed by atoms with Crippen LogP contribution in [0.4, 0.5) is 0 Å². The highest BCUT2D eigenvalue weighted by Gasteiger charge is 2.44. The Morgan fingerprint density at radius 2 is 1.76 bits per heavy atom. The van der Waals surface area contributed by atoms with Crippen molar-refractivity contribution in [3.8, 4) is 0 Å². The van der Waals surface area contributed by atoms with E-state index in [0.717, 1.165) is 5.56 Å². The Hall–Kier alpha value is -3.21. The van der Waals surface area contributed by atoms with Gasteiger partial charge < -0.3 is 9.47 Å². The van der Waals surface area contributed by atoms with Gasteiger partial charge in [0.25, 0.3) is 0 Å². The number of carbonyl (C=O) groups excluding carboxylic acids is 2. The van der Waals surface area contributed by atoms with Gasteiger partial charge in [0.05, 0.1) is 7.11 Å². The van der Waals surface area contributed by atoms with E-state index in [0.29, 0.717) is 5.56 Å². The van der Waals surface area contributed by atoms with Crippen molar-refractivity contribution in [1.29, 1.82) is 0 Å². The van der Waals surface area contributed by atoms with Gasteiger partial charge in [-0.2, -0.15) is 0 Å². The Kier molecular flexibility index (Phi) is 4.75. The van der Waals surface area contributed by atoms with Crippen LogP contribution in [-0.4, -0.2) is 30.5 Å². The van der Waals surface area contributed by atoms with Crippen molar-refractivity contribution in [1.82, 2.24) is 0 Å². The van der Waals surface area contributed by atoms with E-state index >= 15 is 0 Å². The van der Waals surface area contributed by atoms with Crippen LogP contribution < -0.4 is 0 Å². The molecule has 0 amide bonds. The van der Waals surface area contributed by atoms with Gasteiger partial charge in [-0.3, -0.25) is 0 Å². The highest BCUT2D eigenvalue weighted by atomic mass is 16.6. The summed E-state index contributed by atoms with van der Waals surface area (Å²) in [6, 6.07) is 18.6. The van der Waals surface area contributed by atoms with E-state index in [9.17, 15) is 9.59 Å². The van der Waals surface area contributed by atoms with Gasteiger partial charge in [0.15, 0.2) is 5.54 Å². The number of benzene rings is 2. The molecule has 1 heterocycles. The van der Waals surface area contributed by atoms with Crippen LogP contribution in [0.3, 0.4) is 0 Å². The predicted molar refractivity (Wildman–Crippen MR) is 93.1 cm³/mol. The van der Waals surface area contributed by atoms with Crippen LogP contribution in [0.2, 0.25) is 0 Å². The molecule has 2 aromatic rings. The van der Waals surface area contributed by atoms with Crippen LogP contribution >= 0.6 is 0 Å². The SMILES string of the molecule is COC(=O)/C=C\[C@]1(Cc2ccccc2)N=C(c2ccccc2)OC1=O. The third-order valence-electron chi connectivity index (χ3n) is 3.88. The van der Waals surface area contributed by atoms with Crippen LogP contribution in [0.5, 0.6) is 0 Å². The zero-order valence-corrected chi connectivity index (χ0v) is 13.7. The Balaban J connectivity index is 2.01. The molecule has 0 saturated heterocycles. The molecule has 3 rings (SSSR count). The first kappa shape index (κ1) is 16.6. The van der Waals surface area contributed by atoms with Crippen molar-refractivity contribution in [2.45, 2.75) is 12.0 Å². The third kappa shape index (κ3) is 3.66. The quantitative estimate of drug-likeness (QED) is 0.622. The lowest BCUT2D eigenvalue weighted by atomic mass is 9.91. The first-order valence-corrected chi connectivity index (χ1v) is 7.82. The van der Waals surface area contributed by atoms with Crippen molar-refractivity contribution >= 4 is 17.8 Å². The first-order chi connectivity index (χ1) is 12.1. The fourth-order valence-corrected chi connectivity index (χ4v) is 2.59. The lowest BCUT2D eigenvalue weighted by molar-refractivity contribution is -0.137. The molecule has 2 aromatic carbocycles. The van der Waals surface area contributed by atoms with E-state index in [1.54, 1.807) is 0 Å². The lowest BCUT2D eigenvalue weighted by Gasteiger charge is -2.17. The molecule has 0 radical (unpaired) electrons. The molecule has 0 bridgehead atoms. The van der Waals surface area contributed by atoms with Gasteiger partial charge in [-0.25, -0.2) is 14.6 Å². The Labute approximate surface area is 145 Å². The molecule has 1 aliphatic rings. The summed E-state index contributed by atoms with van der Waals surface area (Å²) in [5.74, 6) is -0.824. The zero-order chi connectivity index (χ0) is 17.7. The smallest absolute Gasteiger partial charge is 0.345 e. The highest BCUT2D eigenvalue weighted by Crippen LogP contribution is 2.29. The van der Waals surface area contributed by atoms with Crippen LogP contribution in [0.15, 0.2) is 77.8 Å². The molecule has 0 fully saturated rings. The zero-order valence-electron chi connectivity index (χ0n) is 13.7. The number of methoxy groups -OCH3 is 1. The van der Waals surface area contributed by atoms with Crippen LogP contribution in [0, 0.1) is 0 Å². The van der Waals surface area contributed by atoms with E-state index in [2.05, 4.69) is 9.73 Å². The van der Waals surface area contributed by atoms with Crippen molar-refractivity contribution in [3.63, 3.8) is 0 Å². The van der Waals surface area contributed by atoms with Crippen LogP contribution in [0.1, 0.15) is 11.1 Å². The van der Waals surface area contributed by atoms with E-state index < -0.39 is 17.5 Å². The molecule has 0 unspecified atom stereocenters. The number of carbonyl (C=O) groups is 2. The predicted octanol–water partition coefficient (Wildman–Crippen LogP) is 2.70. The Bertz CT molecular complexity index is 827. The van der Waals surface area contributed by atoms with Crippen LogP contribution in [-0.2, 0) is 25.5 Å². The molecule has 126 valence electrons. The molecule has 25 heavy (non-hydrogen) atoms. The van der Waals surface area contributed by atoms with Crippen LogP contribution in [0.25, 0.3) is 0 Å². The minimum absolute atomic E-state index is 0.246. The molecular weight excluding hydrogens is 318 g/mol. The Morgan fingerprint density at radius 3 is 2.40 bits per heavy atom. The van der Waals surface area contributed by atoms with Gasteiger partial charge in [0.2, 0.25) is 5.90 Å². The lowest BCUT2D eigenvalue weighted by Crippen LogP contribution is -2.34. The number of hydrogen-bond acceptors (Lipinski definition) is 5. The van der Waals surface area contributed by atoms with Crippen molar-refractivity contribution < 1.29 is 19.1 Å². The fraction of sp³-hybridized carbons (Fsp3) is 0.150. The minimum Gasteiger partial charge on any atom is -0.466 e. The molecule has 5 nitrogen and oxygen atoms in total. The topological polar surface area (TPSA) is 65.0 Å². The second-order valence-electron chi connectivity index (χ2n) is 5.62. The number of aliphatic imine (C=N–C) groups is 1. The molecule has 0 aromatic heterocycles. The fourth-order valence-electron chi connectivity index (χ4n) is 2.59. The molecule has 0 N–H and O–H groups in total. The van der Waals surface area contributed by atoms with Gasteiger partial charge in [-0.05, 0) is 23.8 Å². The van der Waals surface area contributed by atoms with E-state index in [1.807, 2.05) is 60.7 Å². The molecular formula is C20H17NO4. The average Bonchev–Trinajstić information content (AvgIpc) is 2.98. The maximum Gasteiger partial charge on any atom is 0.345 e. The summed E-state index contributed by atoms with van der Waals surface area (Å²) in [5, 5.41) is 0. The maximum absolute atomic E-state index is 12.6. The number of hydrogen-bond donors (Lipinski definition) is 0. The minimum atomic E-state index is -1.29. The third-order valence-corrected chi connectivity index (χ3v) is 3.88. The highest BCUT2D eigenvalue weighted by molar-refractivity contribution is 6.09. The normalized spacial score (nSPS) is 19.6. The standard InChI is InChI=1S/C20H17NO4/c1-24-17(22)12-13-20(14-15-8-4-2-5-9-15)19(23)25-18(21-20)16-10-6-3-7-11-16/h2-13H,14H2,1H3/b13-12-/t20-/m1/s1. The van der Waals surface area contributed by atoms with Gasteiger partial charge in [-0.15, -0.1) is 0 Å². The molecule has 0 aliphatic carbocycles. The second-order valence-corrected chi connectivity index (χ2v) is 5.62. The largest absolute Gasteiger partial charge is 0.466 e. The number of esters is 2. The van der Waals surface area contributed by atoms with Crippen molar-refractivity contribution in [2.75, 3.05) is 7.11 Å². The number of nitrogens with zero attached hydrogens (tertiary/aromatic N) is 1. The van der Waals surface area contributed by atoms with Crippen molar-refractivity contribution in [2.24, 2.45) is 4.99 Å². The maximum atomic E-state index is 12.6. The molecule has 0 spiro atoms. The van der Waals surface area contributed by atoms with Gasteiger partial charge in [-0.1, -0.05) is 48.5 Å². The summed E-state index contributed by atoms with van der Waals surface area (Å²) in [4.78, 5) is 28.7. The number of cyclic esters (lactones) is 1. The van der Waals surface area contributed by atoms with E-state index in [-0.39, 0.29) is 12.3 Å². The summed E-state index contributed by atoms with van der Waals surface area (Å²) in [6.45, 7) is 0. The number of ether oxygens (including phenoxy) is 2. The van der Waals surface area contributed by atoms with E-state index in [4.69, 9.17) is 4.74 Å². The summed E-state index contributed by atoms with van der Waals surface area (Å²) in [5.41, 5.74) is 0.324. The van der Waals surface area contributed by atoms with Gasteiger partial charge >= 0.3 is 11.9 Å². The number of rotatable bonds is 5. The molecule has 0 saturated carbocycles. The second kappa shape index (κ2) is 7.13. The van der Waals surface area contributed by atoms with Crippen molar-refractivity contribution in [3.05, 3.63) is 83.9 Å². The summed E-state index contributed by atoms with van der Waals surface area (Å²) >= 11 is 0. The summed E-state index contributed by atoms with van der Waals surface area (Å²) in [7, 11) is 1.28. The van der Waals surface area contributed by atoms with Gasteiger partial charge in [0, 0.05) is 18.1 Å². The van der Waals surface area contributed by atoms with Gasteiger partial charge in [0.1, 0.15) is 0 Å². The Morgan fingerprint density at radius 1 is 1.12 bits per heavy atom. The molecule has 1 atom stereocenters. The average molecular weight is 335 g/mol. The first-order valence-electron chi connectivity index (χ1n) is 7.82. The summed E-state index contributed by atoms with van der Waals surface area (Å²) in [6.07, 6.45) is 2.95. The monoisotopic (exact) mass is 335 g/mol. The van der Waals surface area contributed by atoms with E-state index in [1.165, 1.54) is 19.3 Å².